The second kappa shape index (κ2) is 11.4. The number of hydrogen-bond acceptors (Lipinski definition) is 5. The van der Waals surface area contributed by atoms with E-state index in [0.29, 0.717) is 11.1 Å². The summed E-state index contributed by atoms with van der Waals surface area (Å²) in [7, 11) is 0. The molecular formula is C25H32FNO4. The Kier molecular flexibility index (Phi) is 9.60. The lowest BCUT2D eigenvalue weighted by Crippen LogP contribution is -2.44. The van der Waals surface area contributed by atoms with Crippen molar-refractivity contribution in [1.29, 1.82) is 0 Å². The maximum atomic E-state index is 14.3. The Labute approximate surface area is 184 Å². The lowest BCUT2D eigenvalue weighted by Gasteiger charge is -2.36. The van der Waals surface area contributed by atoms with Crippen LogP contribution in [0.2, 0.25) is 0 Å². The highest BCUT2D eigenvalue weighted by atomic mass is 19.1. The van der Waals surface area contributed by atoms with Gasteiger partial charge in [0.15, 0.2) is 0 Å². The largest absolute Gasteiger partial charge is 0.461 e. The predicted octanol–water partition coefficient (Wildman–Crippen LogP) is 5.59. The van der Waals surface area contributed by atoms with Gasteiger partial charge in [-0.3, -0.25) is 0 Å². The average Bonchev–Trinajstić information content (AvgIpc) is 2.62. The SMILES string of the molecule is Cc1cc(C)cc(N(c2cc(C)c(F)c(C)c2)C(C(=O)OC(C)C)C(C)C)c1.O=C=O. The third-order valence-corrected chi connectivity index (χ3v) is 4.69. The third-order valence-electron chi connectivity index (χ3n) is 4.69. The fourth-order valence-corrected chi connectivity index (χ4v) is 3.60. The van der Waals surface area contributed by atoms with E-state index in [1.165, 1.54) is 0 Å². The molecule has 2 aromatic carbocycles. The summed E-state index contributed by atoms with van der Waals surface area (Å²) in [5.41, 5.74) is 5.03. The molecule has 5 nitrogen and oxygen atoms in total. The molecule has 0 aliphatic heterocycles. The van der Waals surface area contributed by atoms with E-state index in [-0.39, 0.29) is 30.0 Å². The first-order valence-electron chi connectivity index (χ1n) is 10.3. The first kappa shape index (κ1) is 26.1. The van der Waals surface area contributed by atoms with E-state index >= 15 is 0 Å². The highest BCUT2D eigenvalue weighted by Gasteiger charge is 2.33. The van der Waals surface area contributed by atoms with Crippen molar-refractivity contribution in [1.82, 2.24) is 0 Å². The van der Waals surface area contributed by atoms with Crippen LogP contribution in [0, 0.1) is 39.4 Å². The Morgan fingerprint density at radius 3 is 1.68 bits per heavy atom. The lowest BCUT2D eigenvalue weighted by molar-refractivity contribution is -0.191. The lowest BCUT2D eigenvalue weighted by atomic mass is 9.98. The summed E-state index contributed by atoms with van der Waals surface area (Å²) in [6.07, 6.45) is 0.0477. The maximum Gasteiger partial charge on any atom is 0.373 e. The van der Waals surface area contributed by atoms with Crippen LogP contribution in [-0.2, 0) is 19.1 Å². The molecule has 0 radical (unpaired) electrons. The summed E-state index contributed by atoms with van der Waals surface area (Å²) in [4.78, 5) is 31.3. The fourth-order valence-electron chi connectivity index (χ4n) is 3.60. The summed E-state index contributed by atoms with van der Waals surface area (Å²) in [6.45, 7) is 15.3. The van der Waals surface area contributed by atoms with Gasteiger partial charge in [0.05, 0.1) is 6.10 Å². The van der Waals surface area contributed by atoms with E-state index in [4.69, 9.17) is 14.3 Å². The van der Waals surface area contributed by atoms with Crippen LogP contribution in [0.1, 0.15) is 49.9 Å². The number of nitrogens with zero attached hydrogens (tertiary/aromatic N) is 1. The standard InChI is InChI=1S/C24H32FNO2.CO2/c1-14(2)23(24(27)28-15(3)4)26(20-10-16(5)9-17(6)11-20)21-12-18(7)22(25)19(8)13-21;2-1-3/h9-15,23H,1-8H3;. The predicted molar refractivity (Wildman–Crippen MR) is 119 cm³/mol. The van der Waals surface area contributed by atoms with Gasteiger partial charge in [0.2, 0.25) is 0 Å². The van der Waals surface area contributed by atoms with Crippen LogP contribution in [0.15, 0.2) is 30.3 Å². The number of hydrogen-bond donors (Lipinski definition) is 0. The minimum atomic E-state index is -0.520. The van der Waals surface area contributed by atoms with E-state index in [0.717, 1.165) is 22.5 Å². The highest BCUT2D eigenvalue weighted by Crippen LogP contribution is 2.34. The third kappa shape index (κ3) is 7.04. The Hall–Kier alpha value is -2.98. The second-order valence-corrected chi connectivity index (χ2v) is 8.37. The molecule has 0 bridgehead atoms. The number of rotatable bonds is 6. The zero-order chi connectivity index (χ0) is 23.9. The van der Waals surface area contributed by atoms with Gasteiger partial charge in [-0.05, 0) is 94.0 Å². The molecule has 2 aromatic rings. The molecule has 0 spiro atoms. The topological polar surface area (TPSA) is 63.7 Å². The number of ether oxygens (including phenoxy) is 1. The van der Waals surface area contributed by atoms with Gasteiger partial charge in [0, 0.05) is 11.4 Å². The van der Waals surface area contributed by atoms with Crippen molar-refractivity contribution in [2.24, 2.45) is 5.92 Å². The summed E-state index contributed by atoms with van der Waals surface area (Å²) in [5, 5.41) is 0. The minimum Gasteiger partial charge on any atom is -0.461 e. The number of halogens is 1. The van der Waals surface area contributed by atoms with Gasteiger partial charge < -0.3 is 9.64 Å². The smallest absolute Gasteiger partial charge is 0.373 e. The molecule has 0 fully saturated rings. The number of anilines is 2. The van der Waals surface area contributed by atoms with Gasteiger partial charge in [-0.2, -0.15) is 9.59 Å². The van der Waals surface area contributed by atoms with Crippen molar-refractivity contribution < 1.29 is 23.5 Å². The molecule has 2 rings (SSSR count). The Morgan fingerprint density at radius 1 is 0.871 bits per heavy atom. The van der Waals surface area contributed by atoms with E-state index in [2.05, 4.69) is 18.2 Å². The Bertz CT molecular complexity index is 903. The van der Waals surface area contributed by atoms with Gasteiger partial charge in [0.25, 0.3) is 0 Å². The summed E-state index contributed by atoms with van der Waals surface area (Å²) < 4.78 is 19.9. The van der Waals surface area contributed by atoms with Crippen molar-refractivity contribution >= 4 is 23.5 Å². The number of carbonyl (C=O) groups is 1. The molecule has 0 amide bonds. The number of benzene rings is 2. The molecule has 168 valence electrons. The van der Waals surface area contributed by atoms with E-state index in [1.54, 1.807) is 26.0 Å². The molecular weight excluding hydrogens is 397 g/mol. The van der Waals surface area contributed by atoms with Crippen molar-refractivity contribution in [3.63, 3.8) is 0 Å². The van der Waals surface area contributed by atoms with Crippen molar-refractivity contribution in [2.45, 2.75) is 67.5 Å². The Balaban J connectivity index is 0.00000151. The van der Waals surface area contributed by atoms with E-state index < -0.39 is 6.04 Å². The van der Waals surface area contributed by atoms with Crippen molar-refractivity contribution in [3.05, 3.63) is 58.4 Å². The first-order chi connectivity index (χ1) is 14.4. The molecule has 0 heterocycles. The number of esters is 1. The fraction of sp³-hybridized carbons (Fsp3) is 0.440. The molecule has 1 atom stereocenters. The summed E-state index contributed by atoms with van der Waals surface area (Å²) >= 11 is 0. The molecule has 1 unspecified atom stereocenters. The van der Waals surface area contributed by atoms with Crippen molar-refractivity contribution in [3.8, 4) is 0 Å². The highest BCUT2D eigenvalue weighted by molar-refractivity contribution is 5.85. The molecule has 0 aromatic heterocycles. The molecule has 0 aliphatic rings. The molecule has 0 saturated heterocycles. The second-order valence-electron chi connectivity index (χ2n) is 8.37. The van der Waals surface area contributed by atoms with Crippen LogP contribution in [0.25, 0.3) is 0 Å². The molecule has 31 heavy (non-hydrogen) atoms. The Morgan fingerprint density at radius 2 is 1.29 bits per heavy atom. The number of aryl methyl sites for hydroxylation is 4. The maximum absolute atomic E-state index is 14.3. The first-order valence-corrected chi connectivity index (χ1v) is 10.3. The van der Waals surface area contributed by atoms with E-state index in [9.17, 15) is 9.18 Å². The van der Waals surface area contributed by atoms with Gasteiger partial charge in [-0.25, -0.2) is 9.18 Å². The van der Waals surface area contributed by atoms with Gasteiger partial charge in [-0.15, -0.1) is 0 Å². The van der Waals surface area contributed by atoms with Crippen LogP contribution >= 0.6 is 0 Å². The molecule has 0 saturated carbocycles. The van der Waals surface area contributed by atoms with Gasteiger partial charge >= 0.3 is 12.1 Å². The average molecular weight is 430 g/mol. The quantitative estimate of drug-likeness (QED) is 0.560. The van der Waals surface area contributed by atoms with Gasteiger partial charge in [-0.1, -0.05) is 19.9 Å². The summed E-state index contributed by atoms with van der Waals surface area (Å²) in [6, 6.07) is 9.29. The van der Waals surface area contributed by atoms with Crippen LogP contribution in [0.5, 0.6) is 0 Å². The number of carbonyl (C=O) groups excluding carboxylic acids is 3. The molecule has 6 heteroatoms. The van der Waals surface area contributed by atoms with Crippen LogP contribution in [0.3, 0.4) is 0 Å². The van der Waals surface area contributed by atoms with Crippen LogP contribution in [0.4, 0.5) is 15.8 Å². The monoisotopic (exact) mass is 429 g/mol. The summed E-state index contributed by atoms with van der Waals surface area (Å²) in [5.74, 6) is -0.489. The van der Waals surface area contributed by atoms with Crippen LogP contribution < -0.4 is 4.90 Å². The van der Waals surface area contributed by atoms with Crippen LogP contribution in [-0.4, -0.2) is 24.3 Å². The normalized spacial score (nSPS) is 11.5. The molecule has 0 N–H and O–H groups in total. The van der Waals surface area contributed by atoms with Gasteiger partial charge in [0.1, 0.15) is 11.9 Å². The van der Waals surface area contributed by atoms with E-state index in [1.807, 2.05) is 46.4 Å². The molecule has 0 aliphatic carbocycles. The minimum absolute atomic E-state index is 0.00210. The van der Waals surface area contributed by atoms with Crippen molar-refractivity contribution in [2.75, 3.05) is 4.90 Å². The zero-order valence-corrected chi connectivity index (χ0v) is 19.6. The zero-order valence-electron chi connectivity index (χ0n) is 19.6.